The van der Waals surface area contributed by atoms with Crippen molar-refractivity contribution in [3.8, 4) is 5.75 Å². The van der Waals surface area contributed by atoms with Crippen molar-refractivity contribution in [1.29, 1.82) is 0 Å². The summed E-state index contributed by atoms with van der Waals surface area (Å²) in [5.74, 6) is -0.0409. The van der Waals surface area contributed by atoms with E-state index in [1.54, 1.807) is 12.1 Å². The van der Waals surface area contributed by atoms with E-state index in [1.807, 2.05) is 20.8 Å². The largest absolute Gasteiger partial charge is 0.494 e. The number of nitrogens with two attached hydrogens (primary N) is 1. The molecule has 0 aliphatic carbocycles. The van der Waals surface area contributed by atoms with Gasteiger partial charge in [0, 0.05) is 13.0 Å². The summed E-state index contributed by atoms with van der Waals surface area (Å²) in [6.45, 7) is 6.36. The second-order valence-electron chi connectivity index (χ2n) is 5.79. The Hall–Kier alpha value is -1.62. The van der Waals surface area contributed by atoms with Crippen LogP contribution in [0, 0.1) is 11.7 Å². The number of ether oxygens (including phenoxy) is 1. The molecule has 5 heteroatoms. The van der Waals surface area contributed by atoms with E-state index in [2.05, 4.69) is 5.32 Å². The normalized spacial score (nSPS) is 13.9. The molecule has 4 nitrogen and oxygen atoms in total. The lowest BCUT2D eigenvalue weighted by Gasteiger charge is -2.33. The zero-order valence-electron chi connectivity index (χ0n) is 13.2. The first-order valence-corrected chi connectivity index (χ1v) is 7.16. The maximum Gasteiger partial charge on any atom is 0.220 e. The fourth-order valence-corrected chi connectivity index (χ4v) is 1.94. The first kappa shape index (κ1) is 17.4. The number of methoxy groups -OCH3 is 1. The highest BCUT2D eigenvalue weighted by molar-refractivity contribution is 5.77. The van der Waals surface area contributed by atoms with Crippen LogP contribution in [0.3, 0.4) is 0 Å². The van der Waals surface area contributed by atoms with Gasteiger partial charge in [-0.25, -0.2) is 4.39 Å². The Balaban J connectivity index is 2.59. The Kier molecular flexibility index (Phi) is 6.15. The van der Waals surface area contributed by atoms with Crippen molar-refractivity contribution < 1.29 is 13.9 Å². The van der Waals surface area contributed by atoms with Crippen LogP contribution in [0.15, 0.2) is 18.2 Å². The average Bonchev–Trinajstić information content (AvgIpc) is 2.44. The predicted octanol–water partition coefficient (Wildman–Crippen LogP) is 2.26. The van der Waals surface area contributed by atoms with E-state index in [9.17, 15) is 9.18 Å². The number of hydrogen-bond acceptors (Lipinski definition) is 3. The van der Waals surface area contributed by atoms with Gasteiger partial charge in [0.25, 0.3) is 0 Å². The summed E-state index contributed by atoms with van der Waals surface area (Å²) in [6.07, 6.45) is 0.777. The van der Waals surface area contributed by atoms with Crippen LogP contribution in [0.5, 0.6) is 5.75 Å². The van der Waals surface area contributed by atoms with Crippen LogP contribution in [0.25, 0.3) is 0 Å². The molecule has 0 bridgehead atoms. The number of hydrogen-bond donors (Lipinski definition) is 2. The van der Waals surface area contributed by atoms with Gasteiger partial charge in [-0.2, -0.15) is 0 Å². The molecule has 0 aliphatic heterocycles. The van der Waals surface area contributed by atoms with Gasteiger partial charge in [0.2, 0.25) is 5.91 Å². The summed E-state index contributed by atoms with van der Waals surface area (Å²) < 4.78 is 18.4. The lowest BCUT2D eigenvalue weighted by molar-refractivity contribution is -0.123. The molecule has 0 saturated carbocycles. The first-order chi connectivity index (χ1) is 9.82. The molecule has 118 valence electrons. The second kappa shape index (κ2) is 7.41. The number of amides is 1. The predicted molar refractivity (Wildman–Crippen MR) is 81.7 cm³/mol. The van der Waals surface area contributed by atoms with Gasteiger partial charge >= 0.3 is 0 Å². The van der Waals surface area contributed by atoms with E-state index in [0.29, 0.717) is 19.4 Å². The molecule has 0 saturated heterocycles. The van der Waals surface area contributed by atoms with Crippen molar-refractivity contribution >= 4 is 5.91 Å². The summed E-state index contributed by atoms with van der Waals surface area (Å²) in [5, 5.41) is 2.97. The summed E-state index contributed by atoms with van der Waals surface area (Å²) in [7, 11) is 1.42. The molecular formula is C16H25FN2O2. The van der Waals surface area contributed by atoms with Gasteiger partial charge in [0.05, 0.1) is 12.6 Å². The number of carbonyl (C=O) groups excluding carboxylic acids is 1. The highest BCUT2D eigenvalue weighted by atomic mass is 19.1. The highest BCUT2D eigenvalue weighted by Gasteiger charge is 2.28. The Morgan fingerprint density at radius 2 is 2.14 bits per heavy atom. The van der Waals surface area contributed by atoms with Crippen molar-refractivity contribution in [2.45, 2.75) is 39.2 Å². The molecule has 0 aromatic heterocycles. The van der Waals surface area contributed by atoms with Gasteiger partial charge in [-0.15, -0.1) is 0 Å². The van der Waals surface area contributed by atoms with Crippen LogP contribution in [0.1, 0.15) is 32.8 Å². The molecule has 1 aromatic rings. The van der Waals surface area contributed by atoms with Crippen LogP contribution < -0.4 is 15.8 Å². The minimum atomic E-state index is -0.414. The molecule has 1 atom stereocenters. The number of aryl methyl sites for hydroxylation is 1. The van der Waals surface area contributed by atoms with E-state index < -0.39 is 11.4 Å². The second-order valence-corrected chi connectivity index (χ2v) is 5.79. The molecule has 1 amide bonds. The van der Waals surface area contributed by atoms with Crippen molar-refractivity contribution in [3.05, 3.63) is 29.6 Å². The maximum atomic E-state index is 13.6. The van der Waals surface area contributed by atoms with Gasteiger partial charge in [0.1, 0.15) is 0 Å². The van der Waals surface area contributed by atoms with Crippen LogP contribution in [-0.4, -0.2) is 25.1 Å². The zero-order chi connectivity index (χ0) is 16.0. The van der Waals surface area contributed by atoms with Crippen LogP contribution in [0.2, 0.25) is 0 Å². The molecule has 3 N–H and O–H groups in total. The van der Waals surface area contributed by atoms with Crippen molar-refractivity contribution in [2.24, 2.45) is 11.7 Å². The first-order valence-electron chi connectivity index (χ1n) is 7.16. The summed E-state index contributed by atoms with van der Waals surface area (Å²) in [6, 6.07) is 4.73. The third-order valence-corrected chi connectivity index (χ3v) is 3.98. The molecule has 0 radical (unpaired) electrons. The maximum absolute atomic E-state index is 13.6. The van der Waals surface area contributed by atoms with Gasteiger partial charge in [-0.1, -0.05) is 19.9 Å². The fraction of sp³-hybridized carbons (Fsp3) is 0.562. The molecule has 0 fully saturated rings. The molecule has 0 aliphatic rings. The molecule has 1 unspecified atom stereocenters. The van der Waals surface area contributed by atoms with Crippen molar-refractivity contribution in [1.82, 2.24) is 5.32 Å². The van der Waals surface area contributed by atoms with Crippen molar-refractivity contribution in [2.75, 3.05) is 13.7 Å². The van der Waals surface area contributed by atoms with E-state index in [4.69, 9.17) is 10.5 Å². The third-order valence-electron chi connectivity index (χ3n) is 3.98. The number of halogens is 1. The summed E-state index contributed by atoms with van der Waals surface area (Å²) >= 11 is 0. The monoisotopic (exact) mass is 296 g/mol. The fourth-order valence-electron chi connectivity index (χ4n) is 1.94. The lowest BCUT2D eigenvalue weighted by Crippen LogP contribution is -2.55. The molecule has 0 heterocycles. The Morgan fingerprint density at radius 3 is 2.62 bits per heavy atom. The van der Waals surface area contributed by atoms with Crippen molar-refractivity contribution in [3.63, 3.8) is 0 Å². The molecule has 0 spiro atoms. The molecular weight excluding hydrogens is 271 g/mol. The minimum absolute atomic E-state index is 0.0760. The Labute approximate surface area is 125 Å². The number of rotatable bonds is 7. The van der Waals surface area contributed by atoms with Gasteiger partial charge in [-0.3, -0.25) is 4.79 Å². The standard InChI is InChI=1S/C16H25FN2O2/c1-11(2)16(3,10-18)19-15(20)8-6-12-5-7-14(21-4)13(17)9-12/h5,7,9,11H,6,8,10,18H2,1-4H3,(H,19,20). The molecule has 21 heavy (non-hydrogen) atoms. The lowest BCUT2D eigenvalue weighted by atomic mass is 9.88. The van der Waals surface area contributed by atoms with E-state index >= 15 is 0 Å². The Bertz CT molecular complexity index is 491. The molecule has 1 aromatic carbocycles. The number of nitrogens with one attached hydrogen (secondary N) is 1. The van der Waals surface area contributed by atoms with Gasteiger partial charge < -0.3 is 15.8 Å². The van der Waals surface area contributed by atoms with E-state index in [0.717, 1.165) is 5.56 Å². The summed E-state index contributed by atoms with van der Waals surface area (Å²) in [4.78, 5) is 12.0. The van der Waals surface area contributed by atoms with Gasteiger partial charge in [0.15, 0.2) is 11.6 Å². The van der Waals surface area contributed by atoms with Crippen LogP contribution in [-0.2, 0) is 11.2 Å². The van der Waals surface area contributed by atoms with Crippen LogP contribution in [0.4, 0.5) is 4.39 Å². The smallest absolute Gasteiger partial charge is 0.220 e. The highest BCUT2D eigenvalue weighted by Crippen LogP contribution is 2.19. The number of carbonyl (C=O) groups is 1. The van der Waals surface area contributed by atoms with E-state index in [1.165, 1.54) is 13.2 Å². The van der Waals surface area contributed by atoms with E-state index in [-0.39, 0.29) is 17.6 Å². The Morgan fingerprint density at radius 1 is 1.48 bits per heavy atom. The SMILES string of the molecule is COc1ccc(CCC(=O)NC(C)(CN)C(C)C)cc1F. The third kappa shape index (κ3) is 4.70. The summed E-state index contributed by atoms with van der Waals surface area (Å²) in [5.41, 5.74) is 6.09. The number of benzene rings is 1. The average molecular weight is 296 g/mol. The van der Waals surface area contributed by atoms with Gasteiger partial charge in [-0.05, 0) is 37.0 Å². The zero-order valence-corrected chi connectivity index (χ0v) is 13.2. The topological polar surface area (TPSA) is 64.3 Å². The van der Waals surface area contributed by atoms with Crippen LogP contribution >= 0.6 is 0 Å². The molecule has 1 rings (SSSR count). The quantitative estimate of drug-likeness (QED) is 0.811. The minimum Gasteiger partial charge on any atom is -0.494 e.